The molecule has 1 aliphatic heterocycles. The highest BCUT2D eigenvalue weighted by Crippen LogP contribution is 2.36. The lowest BCUT2D eigenvalue weighted by Gasteiger charge is -2.24. The smallest absolute Gasteiger partial charge is 0.194 e. The van der Waals surface area contributed by atoms with Gasteiger partial charge in [0.15, 0.2) is 5.96 Å². The van der Waals surface area contributed by atoms with E-state index in [0.29, 0.717) is 12.3 Å². The van der Waals surface area contributed by atoms with Crippen LogP contribution in [0.4, 0.5) is 0 Å². The van der Waals surface area contributed by atoms with E-state index in [9.17, 15) is 5.11 Å². The summed E-state index contributed by atoms with van der Waals surface area (Å²) in [5.74, 6) is 3.12. The van der Waals surface area contributed by atoms with Crippen molar-refractivity contribution in [3.05, 3.63) is 24.2 Å². The molecule has 23 heavy (non-hydrogen) atoms. The van der Waals surface area contributed by atoms with Crippen molar-refractivity contribution in [2.75, 3.05) is 26.2 Å². The molecule has 5 nitrogen and oxygen atoms in total. The van der Waals surface area contributed by atoms with E-state index in [0.717, 1.165) is 37.4 Å². The Labute approximate surface area is 138 Å². The molecular formula is C18H29N3O2. The zero-order chi connectivity index (χ0) is 16.3. The highest BCUT2D eigenvalue weighted by atomic mass is 16.4. The predicted octanol–water partition coefficient (Wildman–Crippen LogP) is 2.57. The van der Waals surface area contributed by atoms with Gasteiger partial charge in [-0.2, -0.15) is 0 Å². The zero-order valence-corrected chi connectivity index (χ0v) is 14.3. The Morgan fingerprint density at radius 2 is 2.09 bits per heavy atom. The highest BCUT2D eigenvalue weighted by molar-refractivity contribution is 5.80. The van der Waals surface area contributed by atoms with Crippen molar-refractivity contribution in [3.8, 4) is 0 Å². The van der Waals surface area contributed by atoms with Crippen LogP contribution < -0.4 is 5.32 Å². The minimum absolute atomic E-state index is 0.300. The molecule has 0 amide bonds. The number of aliphatic imine (C=N–C) groups is 1. The SMILES string of the molecule is CCNC(=NCC(C)(O)c1ccco1)N1CC2CCCCC2C1. The molecule has 1 saturated heterocycles. The summed E-state index contributed by atoms with van der Waals surface area (Å²) in [6, 6.07) is 3.59. The summed E-state index contributed by atoms with van der Waals surface area (Å²) in [5, 5.41) is 14.0. The minimum Gasteiger partial charge on any atom is -0.466 e. The molecule has 3 unspecified atom stereocenters. The van der Waals surface area contributed by atoms with E-state index in [-0.39, 0.29) is 0 Å². The number of nitrogens with zero attached hydrogens (tertiary/aromatic N) is 2. The van der Waals surface area contributed by atoms with Crippen molar-refractivity contribution in [2.45, 2.75) is 45.1 Å². The van der Waals surface area contributed by atoms with Crippen LogP contribution in [0.5, 0.6) is 0 Å². The van der Waals surface area contributed by atoms with Gasteiger partial charge in [0, 0.05) is 19.6 Å². The fourth-order valence-electron chi connectivity index (χ4n) is 3.90. The summed E-state index contributed by atoms with van der Waals surface area (Å²) in [6.07, 6.45) is 7.03. The molecule has 0 radical (unpaired) electrons. The maximum Gasteiger partial charge on any atom is 0.194 e. The molecule has 1 aromatic heterocycles. The Morgan fingerprint density at radius 3 is 2.65 bits per heavy atom. The molecular weight excluding hydrogens is 290 g/mol. The minimum atomic E-state index is -1.07. The Bertz CT molecular complexity index is 510. The summed E-state index contributed by atoms with van der Waals surface area (Å²) < 4.78 is 5.34. The van der Waals surface area contributed by atoms with Crippen LogP contribution in [-0.2, 0) is 5.60 Å². The van der Waals surface area contributed by atoms with Crippen molar-refractivity contribution in [1.29, 1.82) is 0 Å². The van der Waals surface area contributed by atoms with Crippen molar-refractivity contribution in [1.82, 2.24) is 10.2 Å². The Kier molecular flexibility index (Phi) is 4.95. The average molecular weight is 319 g/mol. The van der Waals surface area contributed by atoms with Crippen LogP contribution in [0.2, 0.25) is 0 Å². The normalized spacial score (nSPS) is 27.6. The topological polar surface area (TPSA) is 61.0 Å². The third-order valence-electron chi connectivity index (χ3n) is 5.20. The zero-order valence-electron chi connectivity index (χ0n) is 14.3. The van der Waals surface area contributed by atoms with Crippen LogP contribution in [0.3, 0.4) is 0 Å². The molecule has 3 rings (SSSR count). The summed E-state index contributed by atoms with van der Waals surface area (Å²) in [6.45, 7) is 7.17. The number of furan rings is 1. The fraction of sp³-hybridized carbons (Fsp3) is 0.722. The molecule has 3 atom stereocenters. The van der Waals surface area contributed by atoms with Gasteiger partial charge in [-0.25, -0.2) is 4.99 Å². The molecule has 2 N–H and O–H groups in total. The van der Waals surface area contributed by atoms with E-state index < -0.39 is 5.60 Å². The number of likely N-dealkylation sites (tertiary alicyclic amines) is 1. The maximum absolute atomic E-state index is 10.6. The van der Waals surface area contributed by atoms with Gasteiger partial charge in [-0.3, -0.25) is 0 Å². The molecule has 1 aliphatic carbocycles. The number of hydrogen-bond acceptors (Lipinski definition) is 3. The predicted molar refractivity (Wildman–Crippen MR) is 91.3 cm³/mol. The molecule has 0 spiro atoms. The third-order valence-corrected chi connectivity index (χ3v) is 5.20. The molecule has 5 heteroatoms. The number of fused-ring (bicyclic) bond motifs is 1. The van der Waals surface area contributed by atoms with Gasteiger partial charge in [0.1, 0.15) is 11.4 Å². The van der Waals surface area contributed by atoms with Crippen LogP contribution in [0.15, 0.2) is 27.8 Å². The van der Waals surface area contributed by atoms with Crippen molar-refractivity contribution < 1.29 is 9.52 Å². The van der Waals surface area contributed by atoms with E-state index in [4.69, 9.17) is 9.41 Å². The lowest BCUT2D eigenvalue weighted by atomic mass is 9.82. The molecule has 2 aliphatic rings. The molecule has 1 aromatic rings. The van der Waals surface area contributed by atoms with E-state index in [2.05, 4.69) is 17.1 Å². The standard InChI is InChI=1S/C18H29N3O2/c1-3-19-17(20-13-18(2,22)16-9-6-10-23-16)21-11-14-7-4-5-8-15(14)12-21/h6,9-10,14-15,22H,3-5,7-8,11-13H2,1-2H3,(H,19,20). The number of nitrogens with one attached hydrogen (secondary N) is 1. The van der Waals surface area contributed by atoms with E-state index in [1.54, 1.807) is 25.3 Å². The largest absolute Gasteiger partial charge is 0.466 e. The lowest BCUT2D eigenvalue weighted by molar-refractivity contribution is 0.0435. The van der Waals surface area contributed by atoms with Gasteiger partial charge in [-0.15, -0.1) is 0 Å². The fourth-order valence-corrected chi connectivity index (χ4v) is 3.90. The summed E-state index contributed by atoms with van der Waals surface area (Å²) in [4.78, 5) is 7.08. The third kappa shape index (κ3) is 3.71. The second-order valence-corrected chi connectivity index (χ2v) is 7.13. The molecule has 2 heterocycles. The van der Waals surface area contributed by atoms with Gasteiger partial charge in [0.05, 0.1) is 12.8 Å². The second kappa shape index (κ2) is 6.95. The Hall–Kier alpha value is -1.49. The summed E-state index contributed by atoms with van der Waals surface area (Å²) in [7, 11) is 0. The van der Waals surface area contributed by atoms with Crippen LogP contribution in [0, 0.1) is 11.8 Å². The van der Waals surface area contributed by atoms with E-state index >= 15 is 0 Å². The first-order valence-corrected chi connectivity index (χ1v) is 8.90. The van der Waals surface area contributed by atoms with Gasteiger partial charge in [0.25, 0.3) is 0 Å². The molecule has 128 valence electrons. The number of hydrogen-bond donors (Lipinski definition) is 2. The van der Waals surface area contributed by atoms with Crippen LogP contribution in [-0.4, -0.2) is 42.1 Å². The number of rotatable bonds is 4. The molecule has 0 bridgehead atoms. The van der Waals surface area contributed by atoms with Gasteiger partial charge < -0.3 is 19.7 Å². The monoisotopic (exact) mass is 319 g/mol. The molecule has 1 saturated carbocycles. The van der Waals surface area contributed by atoms with Crippen molar-refractivity contribution in [3.63, 3.8) is 0 Å². The van der Waals surface area contributed by atoms with Gasteiger partial charge >= 0.3 is 0 Å². The average Bonchev–Trinajstić information content (AvgIpc) is 3.20. The highest BCUT2D eigenvalue weighted by Gasteiger charge is 2.36. The Morgan fingerprint density at radius 1 is 1.39 bits per heavy atom. The first kappa shape index (κ1) is 16.4. The number of aliphatic hydroxyl groups is 1. The maximum atomic E-state index is 10.6. The number of guanidine groups is 1. The molecule has 0 aromatic carbocycles. The lowest BCUT2D eigenvalue weighted by Crippen LogP contribution is -2.41. The van der Waals surface area contributed by atoms with Crippen LogP contribution >= 0.6 is 0 Å². The summed E-state index contributed by atoms with van der Waals surface area (Å²) >= 11 is 0. The van der Waals surface area contributed by atoms with Gasteiger partial charge in [0.2, 0.25) is 0 Å². The van der Waals surface area contributed by atoms with Crippen LogP contribution in [0.25, 0.3) is 0 Å². The first-order chi connectivity index (χ1) is 11.1. The first-order valence-electron chi connectivity index (χ1n) is 8.90. The second-order valence-electron chi connectivity index (χ2n) is 7.13. The van der Waals surface area contributed by atoms with Gasteiger partial charge in [-0.1, -0.05) is 12.8 Å². The Balaban J connectivity index is 1.68. The van der Waals surface area contributed by atoms with Crippen molar-refractivity contribution in [2.24, 2.45) is 16.8 Å². The quantitative estimate of drug-likeness (QED) is 0.661. The van der Waals surface area contributed by atoms with Crippen LogP contribution in [0.1, 0.15) is 45.3 Å². The van der Waals surface area contributed by atoms with E-state index in [1.807, 2.05) is 0 Å². The van der Waals surface area contributed by atoms with Crippen molar-refractivity contribution >= 4 is 5.96 Å². The van der Waals surface area contributed by atoms with Gasteiger partial charge in [-0.05, 0) is 50.7 Å². The van der Waals surface area contributed by atoms with E-state index in [1.165, 1.54) is 25.7 Å². The summed E-state index contributed by atoms with van der Waals surface area (Å²) in [5.41, 5.74) is -1.07. The molecule has 2 fully saturated rings.